The smallest absolute Gasteiger partial charge is 0.410 e. The van der Waals surface area contributed by atoms with Gasteiger partial charge in [0.1, 0.15) is 11.4 Å². The average Bonchev–Trinajstić information content (AvgIpc) is 2.59. The lowest BCUT2D eigenvalue weighted by atomic mass is 9.85. The molecule has 0 spiro atoms. The van der Waals surface area contributed by atoms with Gasteiger partial charge in [-0.05, 0) is 69.7 Å². The molecule has 6 heteroatoms. The van der Waals surface area contributed by atoms with E-state index in [9.17, 15) is 14.0 Å². The Morgan fingerprint density at radius 2 is 1.78 bits per heavy atom. The van der Waals surface area contributed by atoms with E-state index in [1.54, 1.807) is 24.0 Å². The van der Waals surface area contributed by atoms with Gasteiger partial charge in [0.25, 0.3) is 0 Å². The Morgan fingerprint density at radius 1 is 1.19 bits per heavy atom. The lowest BCUT2D eigenvalue weighted by Crippen LogP contribution is -2.41. The highest BCUT2D eigenvalue weighted by molar-refractivity contribution is 5.92. The number of ether oxygens (including phenoxy) is 2. The Bertz CT molecular complexity index is 683. The van der Waals surface area contributed by atoms with E-state index in [1.807, 2.05) is 20.8 Å². The maximum Gasteiger partial charge on any atom is 0.410 e. The summed E-state index contributed by atoms with van der Waals surface area (Å²) in [7, 11) is 0. The molecule has 0 saturated carbocycles. The molecule has 1 aliphatic heterocycles. The highest BCUT2D eigenvalue weighted by atomic mass is 19.1. The van der Waals surface area contributed by atoms with Gasteiger partial charge in [-0.25, -0.2) is 14.0 Å². The summed E-state index contributed by atoms with van der Waals surface area (Å²) in [5.74, 6) is -0.654. The average molecular weight is 377 g/mol. The van der Waals surface area contributed by atoms with E-state index in [4.69, 9.17) is 9.47 Å². The van der Waals surface area contributed by atoms with Crippen LogP contribution in [0.5, 0.6) is 0 Å². The van der Waals surface area contributed by atoms with E-state index < -0.39 is 11.6 Å². The first-order chi connectivity index (χ1) is 12.7. The van der Waals surface area contributed by atoms with Crippen molar-refractivity contribution in [3.63, 3.8) is 0 Å². The van der Waals surface area contributed by atoms with Crippen molar-refractivity contribution in [2.75, 3.05) is 19.7 Å². The van der Waals surface area contributed by atoms with Gasteiger partial charge in [-0.2, -0.15) is 0 Å². The van der Waals surface area contributed by atoms with Crippen LogP contribution in [0.3, 0.4) is 0 Å². The largest absolute Gasteiger partial charge is 0.463 e. The van der Waals surface area contributed by atoms with E-state index >= 15 is 0 Å². The fourth-order valence-corrected chi connectivity index (χ4v) is 3.09. The monoisotopic (exact) mass is 377 g/mol. The summed E-state index contributed by atoms with van der Waals surface area (Å²) in [6, 6.07) is 6.09. The minimum Gasteiger partial charge on any atom is -0.463 e. The molecule has 0 radical (unpaired) electrons. The van der Waals surface area contributed by atoms with Crippen LogP contribution in [-0.4, -0.2) is 42.3 Å². The van der Waals surface area contributed by atoms with Crippen LogP contribution in [0.15, 0.2) is 30.3 Å². The number of carbonyl (C=O) groups is 2. The Balaban J connectivity index is 2.13. The van der Waals surface area contributed by atoms with Crippen LogP contribution >= 0.6 is 0 Å². The van der Waals surface area contributed by atoms with Crippen molar-refractivity contribution in [2.45, 2.75) is 46.1 Å². The van der Waals surface area contributed by atoms with Gasteiger partial charge >= 0.3 is 12.1 Å². The normalized spacial score (nSPS) is 16.2. The highest BCUT2D eigenvalue weighted by Gasteiger charge is 2.29. The third-order valence-electron chi connectivity index (χ3n) is 4.32. The molecule has 0 aliphatic carbocycles. The fraction of sp³-hybridized carbons (Fsp3) is 0.524. The van der Waals surface area contributed by atoms with Crippen LogP contribution in [0.1, 0.15) is 46.1 Å². The van der Waals surface area contributed by atoms with Gasteiger partial charge in [0.2, 0.25) is 0 Å². The second-order valence-electron chi connectivity index (χ2n) is 7.60. The molecule has 0 atom stereocenters. The summed E-state index contributed by atoms with van der Waals surface area (Å²) in [6.45, 7) is 8.65. The molecule has 0 unspecified atom stereocenters. The Labute approximate surface area is 160 Å². The number of carbonyl (C=O) groups excluding carboxylic acids is 2. The summed E-state index contributed by atoms with van der Waals surface area (Å²) in [6.07, 6.45) is 2.56. The summed E-state index contributed by atoms with van der Waals surface area (Å²) in [4.78, 5) is 25.9. The molecule has 1 aliphatic rings. The van der Waals surface area contributed by atoms with E-state index in [2.05, 4.69) is 0 Å². The summed E-state index contributed by atoms with van der Waals surface area (Å²) in [5.41, 5.74) is 1.08. The van der Waals surface area contributed by atoms with Gasteiger partial charge in [0, 0.05) is 19.2 Å². The van der Waals surface area contributed by atoms with Gasteiger partial charge < -0.3 is 14.4 Å². The second kappa shape index (κ2) is 9.02. The number of likely N-dealkylation sites (tertiary alicyclic amines) is 1. The van der Waals surface area contributed by atoms with Gasteiger partial charge in [-0.15, -0.1) is 0 Å². The molecule has 2 rings (SSSR count). The molecule has 1 saturated heterocycles. The van der Waals surface area contributed by atoms with Gasteiger partial charge in [-0.1, -0.05) is 12.1 Å². The van der Waals surface area contributed by atoms with Crippen molar-refractivity contribution in [1.29, 1.82) is 0 Å². The number of piperidine rings is 1. The van der Waals surface area contributed by atoms with Gasteiger partial charge in [-0.3, -0.25) is 0 Å². The number of allylic oxidation sites excluding steroid dienone is 1. The van der Waals surface area contributed by atoms with Crippen molar-refractivity contribution >= 4 is 17.6 Å². The minimum atomic E-state index is -0.531. The number of halogens is 1. The second-order valence-corrected chi connectivity index (χ2v) is 7.60. The number of esters is 1. The summed E-state index contributed by atoms with van der Waals surface area (Å²) >= 11 is 0. The van der Waals surface area contributed by atoms with Crippen LogP contribution in [0.25, 0.3) is 5.57 Å². The Morgan fingerprint density at radius 3 is 2.30 bits per heavy atom. The van der Waals surface area contributed by atoms with Crippen molar-refractivity contribution in [3.8, 4) is 0 Å². The molecule has 1 heterocycles. The third-order valence-corrected chi connectivity index (χ3v) is 4.32. The Kier molecular flexibility index (Phi) is 6.99. The minimum absolute atomic E-state index is 0.0820. The van der Waals surface area contributed by atoms with Crippen molar-refractivity contribution in [2.24, 2.45) is 5.92 Å². The van der Waals surface area contributed by atoms with E-state index in [-0.39, 0.29) is 17.8 Å². The quantitative estimate of drug-likeness (QED) is 0.576. The number of hydrogen-bond acceptors (Lipinski definition) is 4. The molecule has 0 N–H and O–H groups in total. The number of benzene rings is 1. The van der Waals surface area contributed by atoms with Crippen LogP contribution in [0.2, 0.25) is 0 Å². The molecule has 1 amide bonds. The lowest BCUT2D eigenvalue weighted by Gasteiger charge is -2.34. The zero-order chi connectivity index (χ0) is 20.0. The van der Waals surface area contributed by atoms with Crippen molar-refractivity contribution in [1.82, 2.24) is 4.90 Å². The van der Waals surface area contributed by atoms with E-state index in [0.717, 1.165) is 11.1 Å². The molecule has 0 aromatic heterocycles. The summed E-state index contributed by atoms with van der Waals surface area (Å²) < 4.78 is 23.8. The van der Waals surface area contributed by atoms with Crippen LogP contribution < -0.4 is 0 Å². The molecule has 148 valence electrons. The van der Waals surface area contributed by atoms with E-state index in [1.165, 1.54) is 18.2 Å². The predicted octanol–water partition coefficient (Wildman–Crippen LogP) is 4.42. The zero-order valence-corrected chi connectivity index (χ0v) is 16.5. The third kappa shape index (κ3) is 6.38. The summed E-state index contributed by atoms with van der Waals surface area (Å²) in [5, 5.41) is 0. The van der Waals surface area contributed by atoms with Crippen molar-refractivity contribution in [3.05, 3.63) is 41.7 Å². The molecule has 1 aromatic carbocycles. The number of nitrogens with zero attached hydrogens (tertiary/aromatic N) is 1. The Hall–Kier alpha value is -2.37. The number of rotatable bonds is 4. The lowest BCUT2D eigenvalue weighted by molar-refractivity contribution is -0.137. The zero-order valence-electron chi connectivity index (χ0n) is 16.5. The molecule has 5 nitrogen and oxygen atoms in total. The van der Waals surface area contributed by atoms with Crippen LogP contribution in [-0.2, 0) is 14.3 Å². The first kappa shape index (κ1) is 20.9. The van der Waals surface area contributed by atoms with Gasteiger partial charge in [0.05, 0.1) is 6.61 Å². The molecule has 1 fully saturated rings. The molecular weight excluding hydrogens is 349 g/mol. The molecule has 27 heavy (non-hydrogen) atoms. The first-order valence-electron chi connectivity index (χ1n) is 9.32. The molecular formula is C21H28FNO4. The first-order valence-corrected chi connectivity index (χ1v) is 9.32. The fourth-order valence-electron chi connectivity index (χ4n) is 3.09. The maximum atomic E-state index is 13.3. The van der Waals surface area contributed by atoms with Crippen LogP contribution in [0, 0.1) is 11.7 Å². The number of amides is 1. The van der Waals surface area contributed by atoms with Crippen LogP contribution in [0.4, 0.5) is 9.18 Å². The predicted molar refractivity (Wildman–Crippen MR) is 102 cm³/mol. The topological polar surface area (TPSA) is 55.8 Å². The molecule has 1 aromatic rings. The van der Waals surface area contributed by atoms with E-state index in [0.29, 0.717) is 32.5 Å². The SMILES string of the molecule is CCOC(=O)/C=C(/c1ccc(F)cc1)C1CCN(C(=O)OC(C)(C)C)CC1. The standard InChI is InChI=1S/C21H28FNO4/c1-5-26-19(24)14-18(15-6-8-17(22)9-7-15)16-10-12-23(13-11-16)20(25)27-21(2,3)4/h6-9,14,16H,5,10-13H2,1-4H3/b18-14-. The maximum absolute atomic E-state index is 13.3. The van der Waals surface area contributed by atoms with Crippen molar-refractivity contribution < 1.29 is 23.5 Å². The highest BCUT2D eigenvalue weighted by Crippen LogP contribution is 2.32. The number of hydrogen-bond donors (Lipinski definition) is 0. The molecule has 0 bridgehead atoms. The van der Waals surface area contributed by atoms with Gasteiger partial charge in [0.15, 0.2) is 0 Å².